The maximum absolute atomic E-state index is 14.2. The van der Waals surface area contributed by atoms with E-state index in [9.17, 15) is 9.59 Å². The summed E-state index contributed by atoms with van der Waals surface area (Å²) in [6.07, 6.45) is 1.20. The number of aromatic nitrogens is 1. The van der Waals surface area contributed by atoms with Gasteiger partial charge in [-0.3, -0.25) is 9.59 Å². The van der Waals surface area contributed by atoms with Crippen molar-refractivity contribution in [1.29, 1.82) is 0 Å². The Morgan fingerprint density at radius 3 is 2.50 bits per heavy atom. The van der Waals surface area contributed by atoms with Crippen molar-refractivity contribution in [3.63, 3.8) is 0 Å². The lowest BCUT2D eigenvalue weighted by Crippen LogP contribution is -2.46. The molecule has 8 heteroatoms. The number of carbonyl (C=O) groups is 2. The van der Waals surface area contributed by atoms with Crippen molar-refractivity contribution in [2.45, 2.75) is 72.7 Å². The largest absolute Gasteiger partial charge is 0.493 e. The van der Waals surface area contributed by atoms with E-state index in [-0.39, 0.29) is 24.0 Å². The molecule has 3 aromatic rings. The molecule has 2 aliphatic rings. The second-order valence-electron chi connectivity index (χ2n) is 10.5. The van der Waals surface area contributed by atoms with Crippen molar-refractivity contribution >= 4 is 23.2 Å². The summed E-state index contributed by atoms with van der Waals surface area (Å²) in [5.74, 6) is 1.56. The van der Waals surface area contributed by atoms with Crippen LogP contribution in [0.25, 0.3) is 21.7 Å². The molecule has 0 saturated carbocycles. The van der Waals surface area contributed by atoms with Gasteiger partial charge in [0.05, 0.1) is 18.9 Å². The van der Waals surface area contributed by atoms with E-state index in [1.165, 1.54) is 5.56 Å². The summed E-state index contributed by atoms with van der Waals surface area (Å²) in [7, 11) is 1.67. The van der Waals surface area contributed by atoms with E-state index in [4.69, 9.17) is 9.47 Å². The van der Waals surface area contributed by atoms with Crippen LogP contribution < -0.4 is 9.47 Å². The number of hydrogen-bond donors (Lipinski definition) is 0. The van der Waals surface area contributed by atoms with Crippen LogP contribution in [0.5, 0.6) is 11.5 Å². The highest BCUT2D eigenvalue weighted by molar-refractivity contribution is 7.13. The molecule has 0 aliphatic carbocycles. The van der Waals surface area contributed by atoms with Gasteiger partial charge in [-0.25, -0.2) is 0 Å². The second-order valence-corrected chi connectivity index (χ2v) is 11.5. The molecule has 2 aliphatic heterocycles. The molecule has 1 aromatic carbocycles. The average Bonchev–Trinajstić information content (AvgIpc) is 3.51. The summed E-state index contributed by atoms with van der Waals surface area (Å²) in [4.78, 5) is 32.2. The lowest BCUT2D eigenvalue weighted by Gasteiger charge is -2.34. The van der Waals surface area contributed by atoms with Gasteiger partial charge < -0.3 is 23.8 Å². The topological polar surface area (TPSA) is 64.0 Å². The fraction of sp³-hybridized carbons (Fsp3) is 0.467. The number of methoxy groups -OCH3 is 1. The highest BCUT2D eigenvalue weighted by atomic mass is 32.1. The number of benzene rings is 1. The zero-order chi connectivity index (χ0) is 27.1. The van der Waals surface area contributed by atoms with E-state index in [1.54, 1.807) is 18.4 Å². The van der Waals surface area contributed by atoms with E-state index in [1.807, 2.05) is 50.5 Å². The number of ether oxygens (including phenoxy) is 2. The molecule has 0 saturated heterocycles. The Hall–Kier alpha value is -3.26. The molecule has 38 heavy (non-hydrogen) atoms. The zero-order valence-electron chi connectivity index (χ0n) is 23.2. The minimum atomic E-state index is -0.0101. The molecule has 4 heterocycles. The maximum Gasteiger partial charge on any atom is 0.271 e. The summed E-state index contributed by atoms with van der Waals surface area (Å²) in [6, 6.07) is 8.33. The number of carbonyl (C=O) groups excluding carboxylic acids is 2. The van der Waals surface area contributed by atoms with Crippen molar-refractivity contribution in [2.24, 2.45) is 0 Å². The molecule has 5 rings (SSSR count). The van der Waals surface area contributed by atoms with Crippen LogP contribution in [0.4, 0.5) is 0 Å². The Kier molecular flexibility index (Phi) is 7.27. The fourth-order valence-corrected chi connectivity index (χ4v) is 6.49. The van der Waals surface area contributed by atoms with Gasteiger partial charge in [0.2, 0.25) is 5.91 Å². The number of nitrogens with zero attached hydrogens (tertiary/aromatic N) is 3. The molecule has 0 atom stereocenters. The lowest BCUT2D eigenvalue weighted by atomic mass is 9.94. The van der Waals surface area contributed by atoms with Gasteiger partial charge in [0, 0.05) is 60.2 Å². The Bertz CT molecular complexity index is 1360. The molecule has 0 spiro atoms. The molecular weight excluding hydrogens is 498 g/mol. The molecule has 7 nitrogen and oxygen atoms in total. The third kappa shape index (κ3) is 4.49. The Morgan fingerprint density at radius 2 is 1.87 bits per heavy atom. The molecule has 2 amide bonds. The third-order valence-corrected chi connectivity index (χ3v) is 8.33. The van der Waals surface area contributed by atoms with E-state index in [0.717, 1.165) is 39.4 Å². The first-order valence-corrected chi connectivity index (χ1v) is 14.4. The quantitative estimate of drug-likeness (QED) is 0.398. The fourth-order valence-electron chi connectivity index (χ4n) is 5.69. The molecule has 0 bridgehead atoms. The van der Waals surface area contributed by atoms with E-state index in [2.05, 4.69) is 28.1 Å². The van der Waals surface area contributed by atoms with Crippen LogP contribution in [0, 0.1) is 0 Å². The number of hydrogen-bond acceptors (Lipinski definition) is 5. The summed E-state index contributed by atoms with van der Waals surface area (Å²) in [6.45, 7) is 12.2. The first-order chi connectivity index (χ1) is 18.2. The second kappa shape index (κ2) is 10.5. The molecule has 0 fully saturated rings. The molecule has 0 unspecified atom stereocenters. The van der Waals surface area contributed by atoms with Gasteiger partial charge in [0.25, 0.3) is 5.91 Å². The highest BCUT2D eigenvalue weighted by Gasteiger charge is 2.37. The first-order valence-electron chi connectivity index (χ1n) is 13.5. The van der Waals surface area contributed by atoms with Gasteiger partial charge in [0.15, 0.2) is 11.5 Å². The molecule has 202 valence electrons. The zero-order valence-corrected chi connectivity index (χ0v) is 24.0. The SMILES string of the molecule is CCC(=O)N1CCN(C(C)C)C(=O)c2c(c(-c3cccs3)c3n2CCc2cc(OC)c(OC(C)C)cc2-3)C1. The molecule has 2 aromatic heterocycles. The number of amides is 2. The van der Waals surface area contributed by atoms with Crippen LogP contribution in [-0.2, 0) is 24.3 Å². The van der Waals surface area contributed by atoms with Crippen molar-refractivity contribution in [3.05, 3.63) is 46.5 Å². The van der Waals surface area contributed by atoms with E-state index in [0.29, 0.717) is 44.0 Å². The van der Waals surface area contributed by atoms with Gasteiger partial charge >= 0.3 is 0 Å². The van der Waals surface area contributed by atoms with Crippen LogP contribution in [0.3, 0.4) is 0 Å². The van der Waals surface area contributed by atoms with E-state index < -0.39 is 0 Å². The van der Waals surface area contributed by atoms with Crippen LogP contribution in [0.2, 0.25) is 0 Å². The van der Waals surface area contributed by atoms with E-state index >= 15 is 0 Å². The predicted molar refractivity (Wildman–Crippen MR) is 151 cm³/mol. The number of aryl methyl sites for hydroxylation is 1. The number of fused-ring (bicyclic) bond motifs is 5. The molecular formula is C30H37N3O4S. The monoisotopic (exact) mass is 535 g/mol. The average molecular weight is 536 g/mol. The normalized spacial score (nSPS) is 15.2. The summed E-state index contributed by atoms with van der Waals surface area (Å²) in [5.41, 5.74) is 5.94. The predicted octanol–water partition coefficient (Wildman–Crippen LogP) is 5.84. The van der Waals surface area contributed by atoms with Crippen LogP contribution in [0.15, 0.2) is 29.6 Å². The van der Waals surface area contributed by atoms with Gasteiger partial charge in [0.1, 0.15) is 5.69 Å². The van der Waals surface area contributed by atoms with Gasteiger partial charge in [-0.2, -0.15) is 0 Å². The highest BCUT2D eigenvalue weighted by Crippen LogP contribution is 2.48. The Labute approximate surface area is 229 Å². The minimum Gasteiger partial charge on any atom is -0.493 e. The van der Waals surface area contributed by atoms with Gasteiger partial charge in [-0.15, -0.1) is 11.3 Å². The summed E-state index contributed by atoms with van der Waals surface area (Å²) in [5, 5.41) is 2.07. The van der Waals surface area contributed by atoms with Crippen molar-refractivity contribution in [2.75, 3.05) is 20.2 Å². The standard InChI is InChI=1S/C30H37N3O4S/c1-7-26(34)31-12-13-32(18(2)3)30(35)29-22(17-31)27(25-9-8-14-38-25)28-21-16-24(37-19(4)5)23(36-6)15-20(21)10-11-33(28)29/h8-9,14-16,18-19H,7,10-13,17H2,1-6H3. The van der Waals surface area contributed by atoms with Crippen LogP contribution >= 0.6 is 11.3 Å². The molecule has 0 N–H and O–H groups in total. The Morgan fingerprint density at radius 1 is 1.08 bits per heavy atom. The lowest BCUT2D eigenvalue weighted by molar-refractivity contribution is -0.131. The summed E-state index contributed by atoms with van der Waals surface area (Å²) < 4.78 is 14.1. The van der Waals surface area contributed by atoms with Crippen molar-refractivity contribution in [1.82, 2.24) is 14.4 Å². The summed E-state index contributed by atoms with van der Waals surface area (Å²) >= 11 is 1.66. The maximum atomic E-state index is 14.2. The van der Waals surface area contributed by atoms with Crippen molar-refractivity contribution in [3.8, 4) is 33.2 Å². The van der Waals surface area contributed by atoms with Gasteiger partial charge in [-0.05, 0) is 63.3 Å². The Balaban J connectivity index is 1.82. The molecule has 0 radical (unpaired) electrons. The van der Waals surface area contributed by atoms with Crippen LogP contribution in [0.1, 0.15) is 62.7 Å². The first kappa shape index (κ1) is 26.4. The van der Waals surface area contributed by atoms with Crippen LogP contribution in [-0.4, -0.2) is 58.5 Å². The third-order valence-electron chi connectivity index (χ3n) is 7.45. The number of rotatable bonds is 6. The smallest absolute Gasteiger partial charge is 0.271 e. The van der Waals surface area contributed by atoms with Gasteiger partial charge in [-0.1, -0.05) is 13.0 Å². The van der Waals surface area contributed by atoms with Crippen molar-refractivity contribution < 1.29 is 19.1 Å². The minimum absolute atomic E-state index is 0.0101. The number of thiophene rings is 1.